The summed E-state index contributed by atoms with van der Waals surface area (Å²) in [5.74, 6) is 2.84. The molecule has 1 atom stereocenters. The van der Waals surface area contributed by atoms with Gasteiger partial charge in [0.05, 0.1) is 0 Å². The van der Waals surface area contributed by atoms with Crippen molar-refractivity contribution in [2.45, 2.75) is 38.6 Å². The summed E-state index contributed by atoms with van der Waals surface area (Å²) >= 11 is 0. The van der Waals surface area contributed by atoms with Crippen molar-refractivity contribution in [3.63, 3.8) is 0 Å². The Balaban J connectivity index is 2.35. The number of terminal acetylenes is 1. The molecule has 15 heavy (non-hydrogen) atoms. The molecule has 1 heterocycles. The molecule has 1 aliphatic rings. The summed E-state index contributed by atoms with van der Waals surface area (Å²) in [5, 5.41) is 3.00. The quantitative estimate of drug-likeness (QED) is 0.709. The minimum absolute atomic E-state index is 0.116. The monoisotopic (exact) mass is 209 g/mol. The largest absolute Gasteiger partial charge is 0.381 e. The van der Waals surface area contributed by atoms with Crippen molar-refractivity contribution in [2.75, 3.05) is 13.2 Å². The van der Waals surface area contributed by atoms with E-state index in [1.165, 1.54) is 0 Å². The molecule has 0 aromatic carbocycles. The van der Waals surface area contributed by atoms with Crippen molar-refractivity contribution in [3.05, 3.63) is 0 Å². The van der Waals surface area contributed by atoms with Crippen LogP contribution in [-0.2, 0) is 9.53 Å². The molecule has 0 saturated carbocycles. The van der Waals surface area contributed by atoms with Gasteiger partial charge in [-0.3, -0.25) is 4.79 Å². The normalized spacial score (nSPS) is 19.2. The number of hydrogen-bond acceptors (Lipinski definition) is 2. The molecule has 84 valence electrons. The maximum absolute atomic E-state index is 11.8. The van der Waals surface area contributed by atoms with Gasteiger partial charge >= 0.3 is 0 Å². The van der Waals surface area contributed by atoms with E-state index in [0.29, 0.717) is 19.6 Å². The maximum Gasteiger partial charge on any atom is 0.223 e. The van der Waals surface area contributed by atoms with Crippen LogP contribution in [0, 0.1) is 18.3 Å². The van der Waals surface area contributed by atoms with Gasteiger partial charge in [0.25, 0.3) is 0 Å². The lowest BCUT2D eigenvalue weighted by Gasteiger charge is -2.23. The van der Waals surface area contributed by atoms with Gasteiger partial charge < -0.3 is 10.1 Å². The second-order valence-electron chi connectivity index (χ2n) is 3.91. The lowest BCUT2D eigenvalue weighted by atomic mass is 9.98. The standard InChI is InChI=1S/C12H19NO2/c1-3-5-11(4-2)13-12(14)10-6-8-15-9-7-10/h1,10-11H,4-9H2,2H3,(H,13,14). The third kappa shape index (κ3) is 3.93. The van der Waals surface area contributed by atoms with Crippen molar-refractivity contribution in [2.24, 2.45) is 5.92 Å². The second kappa shape index (κ2) is 6.47. The number of carbonyl (C=O) groups is 1. The molecule has 1 saturated heterocycles. The average Bonchev–Trinajstić information content (AvgIpc) is 2.29. The van der Waals surface area contributed by atoms with Crippen LogP contribution in [0.1, 0.15) is 32.6 Å². The van der Waals surface area contributed by atoms with E-state index in [2.05, 4.69) is 11.2 Å². The fourth-order valence-corrected chi connectivity index (χ4v) is 1.72. The molecule has 0 radical (unpaired) electrons. The topological polar surface area (TPSA) is 38.3 Å². The maximum atomic E-state index is 11.8. The molecular weight excluding hydrogens is 190 g/mol. The molecule has 0 aromatic rings. The highest BCUT2D eigenvalue weighted by molar-refractivity contribution is 5.79. The van der Waals surface area contributed by atoms with Crippen molar-refractivity contribution in [1.29, 1.82) is 0 Å². The highest BCUT2D eigenvalue weighted by Crippen LogP contribution is 2.15. The van der Waals surface area contributed by atoms with Gasteiger partial charge in [0.15, 0.2) is 0 Å². The fraction of sp³-hybridized carbons (Fsp3) is 0.750. The first-order valence-electron chi connectivity index (χ1n) is 5.59. The number of carbonyl (C=O) groups excluding carboxylic acids is 1. The van der Waals surface area contributed by atoms with Crippen molar-refractivity contribution in [1.82, 2.24) is 5.32 Å². The Morgan fingerprint density at radius 2 is 2.27 bits per heavy atom. The Kier molecular flexibility index (Phi) is 5.20. The molecule has 1 amide bonds. The lowest BCUT2D eigenvalue weighted by molar-refractivity contribution is -0.128. The summed E-state index contributed by atoms with van der Waals surface area (Å²) in [5.41, 5.74) is 0. The van der Waals surface area contributed by atoms with Gasteiger partial charge in [0, 0.05) is 31.6 Å². The Labute approximate surface area is 91.6 Å². The van der Waals surface area contributed by atoms with Crippen LogP contribution >= 0.6 is 0 Å². The summed E-state index contributed by atoms with van der Waals surface area (Å²) in [6.45, 7) is 3.43. The molecular formula is C12H19NO2. The summed E-state index contributed by atoms with van der Waals surface area (Å²) in [7, 11) is 0. The van der Waals surface area contributed by atoms with Gasteiger partial charge in [-0.1, -0.05) is 6.92 Å². The van der Waals surface area contributed by atoms with E-state index in [4.69, 9.17) is 11.2 Å². The van der Waals surface area contributed by atoms with Crippen LogP contribution in [0.3, 0.4) is 0 Å². The van der Waals surface area contributed by atoms with E-state index < -0.39 is 0 Å². The molecule has 3 heteroatoms. The van der Waals surface area contributed by atoms with Gasteiger partial charge in [-0.2, -0.15) is 0 Å². The highest BCUT2D eigenvalue weighted by Gasteiger charge is 2.22. The van der Waals surface area contributed by atoms with Crippen LogP contribution in [0.4, 0.5) is 0 Å². The zero-order chi connectivity index (χ0) is 11.1. The van der Waals surface area contributed by atoms with Crippen LogP contribution < -0.4 is 5.32 Å². The van der Waals surface area contributed by atoms with Gasteiger partial charge in [-0.05, 0) is 19.3 Å². The second-order valence-corrected chi connectivity index (χ2v) is 3.91. The van der Waals surface area contributed by atoms with Gasteiger partial charge in [0.2, 0.25) is 5.91 Å². The minimum atomic E-state index is 0.116. The van der Waals surface area contributed by atoms with Crippen LogP contribution in [0.15, 0.2) is 0 Å². The van der Waals surface area contributed by atoms with Gasteiger partial charge in [0.1, 0.15) is 0 Å². The number of ether oxygens (including phenoxy) is 1. The smallest absolute Gasteiger partial charge is 0.223 e. The molecule has 0 aliphatic carbocycles. The van der Waals surface area contributed by atoms with Gasteiger partial charge in [-0.15, -0.1) is 12.3 Å². The number of rotatable bonds is 4. The Hall–Kier alpha value is -1.01. The van der Waals surface area contributed by atoms with E-state index in [9.17, 15) is 4.79 Å². The molecule has 3 nitrogen and oxygen atoms in total. The molecule has 0 aromatic heterocycles. The number of nitrogens with one attached hydrogen (secondary N) is 1. The third-order valence-corrected chi connectivity index (χ3v) is 2.80. The third-order valence-electron chi connectivity index (χ3n) is 2.80. The Bertz CT molecular complexity index is 238. The number of amides is 1. The van der Waals surface area contributed by atoms with Crippen LogP contribution in [0.25, 0.3) is 0 Å². The number of hydrogen-bond donors (Lipinski definition) is 1. The molecule has 1 unspecified atom stereocenters. The van der Waals surface area contributed by atoms with E-state index in [-0.39, 0.29) is 17.9 Å². The van der Waals surface area contributed by atoms with E-state index in [0.717, 1.165) is 19.3 Å². The lowest BCUT2D eigenvalue weighted by Crippen LogP contribution is -2.40. The van der Waals surface area contributed by atoms with Crippen LogP contribution in [0.5, 0.6) is 0 Å². The predicted octanol–water partition coefficient (Wildman–Crippen LogP) is 1.33. The zero-order valence-electron chi connectivity index (χ0n) is 9.29. The zero-order valence-corrected chi connectivity index (χ0v) is 9.29. The van der Waals surface area contributed by atoms with Crippen molar-refractivity contribution < 1.29 is 9.53 Å². The van der Waals surface area contributed by atoms with E-state index in [1.807, 2.05) is 6.92 Å². The summed E-state index contributed by atoms with van der Waals surface area (Å²) in [4.78, 5) is 11.8. The van der Waals surface area contributed by atoms with E-state index >= 15 is 0 Å². The first-order valence-corrected chi connectivity index (χ1v) is 5.59. The first-order chi connectivity index (χ1) is 7.27. The molecule has 1 rings (SSSR count). The average molecular weight is 209 g/mol. The molecule has 1 N–H and O–H groups in total. The molecule has 1 fully saturated rings. The fourth-order valence-electron chi connectivity index (χ4n) is 1.72. The first kappa shape index (κ1) is 12.1. The molecule has 0 spiro atoms. The van der Waals surface area contributed by atoms with E-state index in [1.54, 1.807) is 0 Å². The SMILES string of the molecule is C#CCC(CC)NC(=O)C1CCOCC1. The molecule has 1 aliphatic heterocycles. The summed E-state index contributed by atoms with van der Waals surface area (Å²) in [6, 6.07) is 0.130. The molecule has 0 bridgehead atoms. The van der Waals surface area contributed by atoms with Crippen molar-refractivity contribution >= 4 is 5.91 Å². The van der Waals surface area contributed by atoms with Crippen LogP contribution in [0.2, 0.25) is 0 Å². The van der Waals surface area contributed by atoms with Crippen molar-refractivity contribution in [3.8, 4) is 12.3 Å². The predicted molar refractivity (Wildman–Crippen MR) is 59.2 cm³/mol. The van der Waals surface area contributed by atoms with Crippen LogP contribution in [-0.4, -0.2) is 25.2 Å². The van der Waals surface area contributed by atoms with Gasteiger partial charge in [-0.25, -0.2) is 0 Å². The highest BCUT2D eigenvalue weighted by atomic mass is 16.5. The summed E-state index contributed by atoms with van der Waals surface area (Å²) in [6.07, 6.45) is 8.41. The summed E-state index contributed by atoms with van der Waals surface area (Å²) < 4.78 is 5.22. The Morgan fingerprint density at radius 1 is 1.60 bits per heavy atom. The minimum Gasteiger partial charge on any atom is -0.381 e. The Morgan fingerprint density at radius 3 is 2.80 bits per heavy atom.